The molecule has 0 radical (unpaired) electrons. The van der Waals surface area contributed by atoms with Crippen LogP contribution in [0.1, 0.15) is 23.1 Å². The summed E-state index contributed by atoms with van der Waals surface area (Å²) < 4.78 is 0. The number of ketones is 2. The molecule has 0 aromatic heterocycles. The van der Waals surface area contributed by atoms with Gasteiger partial charge in [0.1, 0.15) is 22.8 Å². The van der Waals surface area contributed by atoms with Gasteiger partial charge in [0, 0.05) is 23.4 Å². The van der Waals surface area contributed by atoms with Crippen molar-refractivity contribution in [2.24, 2.45) is 17.6 Å². The average Bonchev–Trinajstić information content (AvgIpc) is 2.81. The predicted octanol–water partition coefficient (Wildman–Crippen LogP) is 1.18. The molecule has 5 rings (SSSR count). The minimum absolute atomic E-state index is 0.0618. The van der Waals surface area contributed by atoms with Crippen LogP contribution in [0.15, 0.2) is 41.2 Å². The van der Waals surface area contributed by atoms with Crippen LogP contribution in [0.2, 0.25) is 0 Å². The number of carbonyl (C=O) groups is 3. The molecular weight excluding hydrogens is 490 g/mol. The van der Waals surface area contributed by atoms with Crippen molar-refractivity contribution < 1.29 is 34.8 Å². The van der Waals surface area contributed by atoms with Crippen molar-refractivity contribution in [2.75, 3.05) is 28.2 Å². The maximum Gasteiger partial charge on any atom is 0.255 e. The topological polar surface area (TPSA) is 165 Å². The van der Waals surface area contributed by atoms with E-state index in [1.807, 2.05) is 43.3 Å². The summed E-state index contributed by atoms with van der Waals surface area (Å²) in [7, 11) is 6.99. The van der Waals surface area contributed by atoms with E-state index < -0.39 is 58.0 Å². The maximum absolute atomic E-state index is 13.9. The molecule has 1 fully saturated rings. The van der Waals surface area contributed by atoms with Gasteiger partial charge in [0.15, 0.2) is 11.4 Å². The number of benzene rings is 2. The van der Waals surface area contributed by atoms with Crippen molar-refractivity contribution in [3.05, 3.63) is 57.9 Å². The van der Waals surface area contributed by atoms with Crippen molar-refractivity contribution in [3.63, 3.8) is 0 Å². The lowest BCUT2D eigenvalue weighted by Gasteiger charge is -2.50. The number of aliphatic hydroxyl groups excluding tert-OH is 2. The number of fused-ring (bicyclic) bond motifs is 4. The van der Waals surface area contributed by atoms with Crippen LogP contribution >= 0.6 is 0 Å². The van der Waals surface area contributed by atoms with Crippen LogP contribution in [0.4, 0.5) is 0 Å². The Kier molecular flexibility index (Phi) is 5.90. The van der Waals surface area contributed by atoms with Crippen molar-refractivity contribution >= 4 is 34.0 Å². The highest BCUT2D eigenvalue weighted by Gasteiger charge is 2.64. The van der Waals surface area contributed by atoms with E-state index in [1.54, 1.807) is 14.1 Å². The van der Waals surface area contributed by atoms with E-state index >= 15 is 0 Å². The Labute approximate surface area is 219 Å². The maximum atomic E-state index is 13.9. The van der Waals surface area contributed by atoms with Gasteiger partial charge in [0.25, 0.3) is 5.91 Å². The van der Waals surface area contributed by atoms with Crippen LogP contribution in [-0.4, -0.2) is 87.5 Å². The summed E-state index contributed by atoms with van der Waals surface area (Å²) in [6, 6.07) is 6.44. The smallest absolute Gasteiger partial charge is 0.255 e. The van der Waals surface area contributed by atoms with Crippen LogP contribution in [0.3, 0.4) is 0 Å². The Morgan fingerprint density at radius 1 is 1.11 bits per heavy atom. The van der Waals surface area contributed by atoms with Gasteiger partial charge in [0.05, 0.1) is 11.6 Å². The van der Waals surface area contributed by atoms with E-state index in [0.29, 0.717) is 17.5 Å². The molecule has 3 aliphatic carbocycles. The van der Waals surface area contributed by atoms with Crippen molar-refractivity contribution in [1.29, 1.82) is 0 Å². The van der Waals surface area contributed by atoms with Gasteiger partial charge >= 0.3 is 0 Å². The number of amides is 1. The number of rotatable bonds is 4. The Morgan fingerprint density at radius 2 is 1.79 bits per heavy atom. The molecule has 0 heterocycles. The lowest BCUT2D eigenvalue weighted by atomic mass is 9.57. The van der Waals surface area contributed by atoms with E-state index in [-0.39, 0.29) is 29.7 Å². The number of phenols is 1. The van der Waals surface area contributed by atoms with Crippen LogP contribution in [-0.2, 0) is 27.3 Å². The number of aliphatic hydroxyl groups is 3. The SMILES string of the molecule is CN(C)Cc1ccc2cc3c(c(O)c2c1)C(O)=C1C(=O)[C@]2(O)C(O)=C(C(N)=O)C(=O)[C@@H](N(C)C)[C@@H]2C[C@@H]1C3. The van der Waals surface area contributed by atoms with Gasteiger partial charge in [-0.05, 0) is 69.5 Å². The number of likely N-dealkylation sites (N-methyl/N-ethyl adjacent to an activating group) is 1. The highest BCUT2D eigenvalue weighted by atomic mass is 16.3. The molecule has 10 heteroatoms. The van der Waals surface area contributed by atoms with Gasteiger partial charge in [-0.3, -0.25) is 19.3 Å². The van der Waals surface area contributed by atoms with Gasteiger partial charge < -0.3 is 31.1 Å². The van der Waals surface area contributed by atoms with Crippen molar-refractivity contribution in [1.82, 2.24) is 9.80 Å². The normalized spacial score (nSPS) is 27.2. The van der Waals surface area contributed by atoms with Gasteiger partial charge in [-0.15, -0.1) is 0 Å². The summed E-state index contributed by atoms with van der Waals surface area (Å²) in [6.07, 6.45) is 0.323. The molecule has 0 spiro atoms. The zero-order valence-corrected chi connectivity index (χ0v) is 21.6. The van der Waals surface area contributed by atoms with Crippen LogP contribution in [0.5, 0.6) is 5.75 Å². The number of primary amides is 1. The highest BCUT2D eigenvalue weighted by Crippen LogP contribution is 2.53. The van der Waals surface area contributed by atoms with Crippen LogP contribution < -0.4 is 5.73 Å². The third-order valence-electron chi connectivity index (χ3n) is 8.09. The number of hydrogen-bond acceptors (Lipinski definition) is 9. The fraction of sp³-hybridized carbons (Fsp3) is 0.393. The van der Waals surface area contributed by atoms with Gasteiger partial charge in [-0.2, -0.15) is 0 Å². The van der Waals surface area contributed by atoms with Gasteiger partial charge in [0.2, 0.25) is 5.78 Å². The first kappa shape index (κ1) is 25.9. The van der Waals surface area contributed by atoms with E-state index in [9.17, 15) is 34.8 Å². The number of hydrogen-bond donors (Lipinski definition) is 5. The first-order valence-corrected chi connectivity index (χ1v) is 12.4. The molecule has 0 unspecified atom stereocenters. The Balaban J connectivity index is 1.72. The van der Waals surface area contributed by atoms with Crippen LogP contribution in [0.25, 0.3) is 16.5 Å². The molecule has 1 saturated carbocycles. The Bertz CT molecular complexity index is 1490. The Morgan fingerprint density at radius 3 is 2.39 bits per heavy atom. The van der Waals surface area contributed by atoms with E-state index in [1.165, 1.54) is 4.90 Å². The number of carbonyl (C=O) groups excluding carboxylic acids is 3. The van der Waals surface area contributed by atoms with E-state index in [0.717, 1.165) is 10.9 Å². The fourth-order valence-corrected chi connectivity index (χ4v) is 6.52. The molecule has 6 N–H and O–H groups in total. The highest BCUT2D eigenvalue weighted by molar-refractivity contribution is 6.24. The Hall–Kier alpha value is -3.73. The second-order valence-electron chi connectivity index (χ2n) is 11.0. The predicted molar refractivity (Wildman–Crippen MR) is 139 cm³/mol. The molecule has 10 nitrogen and oxygen atoms in total. The minimum Gasteiger partial charge on any atom is -0.508 e. The largest absolute Gasteiger partial charge is 0.508 e. The zero-order valence-electron chi connectivity index (χ0n) is 21.6. The first-order valence-electron chi connectivity index (χ1n) is 12.4. The van der Waals surface area contributed by atoms with Crippen molar-refractivity contribution in [3.8, 4) is 5.75 Å². The van der Waals surface area contributed by atoms with E-state index in [2.05, 4.69) is 0 Å². The minimum atomic E-state index is -2.64. The van der Waals surface area contributed by atoms with Gasteiger partial charge in [-0.1, -0.05) is 18.2 Å². The second kappa shape index (κ2) is 8.65. The molecule has 2 aromatic carbocycles. The summed E-state index contributed by atoms with van der Waals surface area (Å²) in [5.74, 6) is -6.50. The first-order chi connectivity index (χ1) is 17.8. The molecule has 0 bridgehead atoms. The molecule has 3 aliphatic rings. The standard InChI is InChI=1S/C28H31N3O7/c1-30(2)11-12-5-6-13-8-14-9-15-10-17-21(31(3)4)24(34)20(27(29)37)26(36)28(17,38)25(35)19(15)23(33)18(14)22(32)16(13)7-12/h5-8,15,17,21,32-33,36,38H,9-11H2,1-4H3,(H2,29,37)/t15-,17-,21-,28-/m0/s1. The summed E-state index contributed by atoms with van der Waals surface area (Å²) in [6.45, 7) is 0.633. The summed E-state index contributed by atoms with van der Waals surface area (Å²) >= 11 is 0. The lowest BCUT2D eigenvalue weighted by molar-refractivity contribution is -0.153. The third-order valence-corrected chi connectivity index (χ3v) is 8.09. The molecule has 2 aromatic rings. The second-order valence-corrected chi connectivity index (χ2v) is 11.0. The summed E-state index contributed by atoms with van der Waals surface area (Å²) in [5.41, 5.74) is 3.40. The molecule has 200 valence electrons. The number of phenolic OH excluding ortho intramolecular Hbond substituents is 1. The fourth-order valence-electron chi connectivity index (χ4n) is 6.52. The molecule has 38 heavy (non-hydrogen) atoms. The molecule has 0 saturated heterocycles. The monoisotopic (exact) mass is 521 g/mol. The number of nitrogens with zero attached hydrogens (tertiary/aromatic N) is 2. The number of aromatic hydroxyl groups is 1. The lowest BCUT2D eigenvalue weighted by Crippen LogP contribution is -2.65. The zero-order chi connectivity index (χ0) is 27.8. The number of Topliss-reactive ketones (excluding diaryl/α,β-unsaturated/α-hetero) is 2. The number of nitrogens with two attached hydrogens (primary N) is 1. The molecule has 4 atom stereocenters. The molecule has 0 aliphatic heterocycles. The molecular formula is C28H31N3O7. The van der Waals surface area contributed by atoms with E-state index in [4.69, 9.17) is 5.73 Å². The van der Waals surface area contributed by atoms with Gasteiger partial charge in [-0.25, -0.2) is 0 Å². The van der Waals surface area contributed by atoms with Crippen LogP contribution in [0, 0.1) is 11.8 Å². The molecule has 1 amide bonds. The summed E-state index contributed by atoms with van der Waals surface area (Å²) in [5, 5.41) is 46.5. The summed E-state index contributed by atoms with van der Waals surface area (Å²) in [4.78, 5) is 42.6. The van der Waals surface area contributed by atoms with Crippen molar-refractivity contribution in [2.45, 2.75) is 31.0 Å². The average molecular weight is 522 g/mol. The third kappa shape index (κ3) is 3.48. The quantitative estimate of drug-likeness (QED) is 0.372.